The minimum atomic E-state index is -0.631. The number of benzene rings is 2. The van der Waals surface area contributed by atoms with Gasteiger partial charge in [0.1, 0.15) is 5.69 Å². The van der Waals surface area contributed by atoms with Gasteiger partial charge in [-0.1, -0.05) is 42.5 Å². The van der Waals surface area contributed by atoms with E-state index < -0.39 is 6.10 Å². The van der Waals surface area contributed by atoms with E-state index in [2.05, 4.69) is 45.6 Å². The van der Waals surface area contributed by atoms with Crippen molar-refractivity contribution in [2.24, 2.45) is 0 Å². The van der Waals surface area contributed by atoms with E-state index in [-0.39, 0.29) is 11.9 Å². The Bertz CT molecular complexity index is 812. The molecule has 0 aliphatic carbocycles. The number of aliphatic hydroxyl groups excluding tert-OH is 1. The van der Waals surface area contributed by atoms with Crippen molar-refractivity contribution < 1.29 is 9.90 Å². The number of hydrogen-bond donors (Lipinski definition) is 3. The van der Waals surface area contributed by atoms with Crippen molar-refractivity contribution in [1.29, 1.82) is 0 Å². The number of rotatable bonds is 6. The SMILES string of the molecule is C[C@H](O)[C@@H](CCc1ccc2ccccc2c1)NC(=O)c1c[nH]cn1. The van der Waals surface area contributed by atoms with E-state index in [9.17, 15) is 9.90 Å². The first-order valence-electron chi connectivity index (χ1n) is 8.09. The van der Waals surface area contributed by atoms with Crippen molar-refractivity contribution in [2.45, 2.75) is 31.9 Å². The van der Waals surface area contributed by atoms with Crippen LogP contribution in [0.5, 0.6) is 0 Å². The summed E-state index contributed by atoms with van der Waals surface area (Å²) in [7, 11) is 0. The number of nitrogens with one attached hydrogen (secondary N) is 2. The molecule has 1 heterocycles. The number of hydrogen-bond acceptors (Lipinski definition) is 3. The lowest BCUT2D eigenvalue weighted by Gasteiger charge is -2.21. The minimum absolute atomic E-state index is 0.277. The predicted molar refractivity (Wildman–Crippen MR) is 93.8 cm³/mol. The molecule has 0 bridgehead atoms. The van der Waals surface area contributed by atoms with Crippen molar-refractivity contribution in [2.75, 3.05) is 0 Å². The molecule has 5 nitrogen and oxygen atoms in total. The normalized spacial score (nSPS) is 13.6. The molecule has 0 unspecified atom stereocenters. The highest BCUT2D eigenvalue weighted by molar-refractivity contribution is 5.92. The molecule has 2 aromatic carbocycles. The Morgan fingerprint density at radius 2 is 2.04 bits per heavy atom. The van der Waals surface area contributed by atoms with Crippen molar-refractivity contribution in [3.63, 3.8) is 0 Å². The summed E-state index contributed by atoms with van der Waals surface area (Å²) in [5.41, 5.74) is 1.51. The van der Waals surface area contributed by atoms with Gasteiger partial charge in [0.15, 0.2) is 0 Å². The van der Waals surface area contributed by atoms with E-state index in [1.54, 1.807) is 6.92 Å². The average Bonchev–Trinajstić information content (AvgIpc) is 3.12. The molecule has 3 rings (SSSR count). The van der Waals surface area contributed by atoms with Crippen LogP contribution < -0.4 is 5.32 Å². The first-order valence-corrected chi connectivity index (χ1v) is 8.09. The number of fused-ring (bicyclic) bond motifs is 1. The van der Waals surface area contributed by atoms with E-state index >= 15 is 0 Å². The fraction of sp³-hybridized carbons (Fsp3) is 0.263. The molecule has 0 spiro atoms. The Labute approximate surface area is 140 Å². The zero-order valence-corrected chi connectivity index (χ0v) is 13.6. The van der Waals surface area contributed by atoms with Crippen LogP contribution in [0.1, 0.15) is 29.4 Å². The smallest absolute Gasteiger partial charge is 0.271 e. The number of aryl methyl sites for hydroxylation is 1. The zero-order chi connectivity index (χ0) is 16.9. The third-order valence-electron chi connectivity index (χ3n) is 4.19. The first kappa shape index (κ1) is 16.2. The lowest BCUT2D eigenvalue weighted by molar-refractivity contribution is 0.0846. The third kappa shape index (κ3) is 3.81. The standard InChI is InChI=1S/C19H21N3O2/c1-13(23)17(22-19(24)18-11-20-12-21-18)9-7-14-6-8-15-4-2-3-5-16(15)10-14/h2-6,8,10-13,17,23H,7,9H2,1H3,(H,20,21)(H,22,24)/t13-,17+/m0/s1. The summed E-state index contributed by atoms with van der Waals surface area (Å²) in [6.45, 7) is 1.69. The van der Waals surface area contributed by atoms with E-state index in [0.717, 1.165) is 6.42 Å². The van der Waals surface area contributed by atoms with Gasteiger partial charge in [0, 0.05) is 6.20 Å². The number of carbonyl (C=O) groups is 1. The first-order chi connectivity index (χ1) is 11.6. The van der Waals surface area contributed by atoms with Gasteiger partial charge >= 0.3 is 0 Å². The van der Waals surface area contributed by atoms with Gasteiger partial charge in [-0.05, 0) is 36.1 Å². The Morgan fingerprint density at radius 3 is 2.75 bits per heavy atom. The summed E-state index contributed by atoms with van der Waals surface area (Å²) >= 11 is 0. The Morgan fingerprint density at radius 1 is 1.25 bits per heavy atom. The molecule has 0 saturated carbocycles. The topological polar surface area (TPSA) is 78.0 Å². The van der Waals surface area contributed by atoms with Crippen molar-refractivity contribution in [1.82, 2.24) is 15.3 Å². The average molecular weight is 323 g/mol. The molecule has 3 aromatic rings. The maximum absolute atomic E-state index is 12.1. The third-order valence-corrected chi connectivity index (χ3v) is 4.19. The van der Waals surface area contributed by atoms with Crippen LogP contribution in [0.3, 0.4) is 0 Å². The molecule has 124 valence electrons. The van der Waals surface area contributed by atoms with Gasteiger partial charge < -0.3 is 15.4 Å². The molecule has 0 fully saturated rings. The molecule has 0 saturated heterocycles. The van der Waals surface area contributed by atoms with Crippen LogP contribution in [-0.4, -0.2) is 33.1 Å². The summed E-state index contributed by atoms with van der Waals surface area (Å²) in [6, 6.07) is 14.3. The van der Waals surface area contributed by atoms with Crippen LogP contribution >= 0.6 is 0 Å². The summed E-state index contributed by atoms with van der Waals surface area (Å²) in [6.07, 6.45) is 3.81. The fourth-order valence-corrected chi connectivity index (χ4v) is 2.78. The van der Waals surface area contributed by atoms with Gasteiger partial charge in [0.05, 0.1) is 18.5 Å². The molecule has 5 heteroatoms. The van der Waals surface area contributed by atoms with Gasteiger partial charge in [-0.15, -0.1) is 0 Å². The quantitative estimate of drug-likeness (QED) is 0.652. The molecule has 1 aromatic heterocycles. The summed E-state index contributed by atoms with van der Waals surface area (Å²) < 4.78 is 0. The highest BCUT2D eigenvalue weighted by Gasteiger charge is 2.19. The number of aromatic amines is 1. The molecule has 0 aliphatic rings. The largest absolute Gasteiger partial charge is 0.391 e. The second-order valence-corrected chi connectivity index (χ2v) is 6.00. The van der Waals surface area contributed by atoms with E-state index in [4.69, 9.17) is 0 Å². The fourth-order valence-electron chi connectivity index (χ4n) is 2.78. The Balaban J connectivity index is 1.65. The molecule has 2 atom stereocenters. The lowest BCUT2D eigenvalue weighted by Crippen LogP contribution is -2.42. The van der Waals surface area contributed by atoms with Gasteiger partial charge in [-0.2, -0.15) is 0 Å². The second-order valence-electron chi connectivity index (χ2n) is 6.00. The van der Waals surface area contributed by atoms with Crippen LogP contribution in [0.2, 0.25) is 0 Å². The Hall–Kier alpha value is -2.66. The summed E-state index contributed by atoms with van der Waals surface area (Å²) in [4.78, 5) is 18.8. The number of nitrogens with zero attached hydrogens (tertiary/aromatic N) is 1. The highest BCUT2D eigenvalue weighted by Crippen LogP contribution is 2.17. The molecule has 0 aliphatic heterocycles. The summed E-state index contributed by atoms with van der Waals surface area (Å²) in [5.74, 6) is -0.277. The molecular weight excluding hydrogens is 302 g/mol. The van der Waals surface area contributed by atoms with Crippen LogP contribution in [-0.2, 0) is 6.42 Å². The van der Waals surface area contributed by atoms with Gasteiger partial charge in [-0.3, -0.25) is 4.79 Å². The van der Waals surface area contributed by atoms with Gasteiger partial charge in [0.25, 0.3) is 5.91 Å². The molecule has 24 heavy (non-hydrogen) atoms. The maximum atomic E-state index is 12.1. The van der Waals surface area contributed by atoms with E-state index in [1.807, 2.05) is 12.1 Å². The number of imidazole rings is 1. The number of carbonyl (C=O) groups excluding carboxylic acids is 1. The van der Waals surface area contributed by atoms with Gasteiger partial charge in [0.2, 0.25) is 0 Å². The molecule has 3 N–H and O–H groups in total. The van der Waals surface area contributed by atoms with Crippen LogP contribution in [0.25, 0.3) is 10.8 Å². The second kappa shape index (κ2) is 7.27. The van der Waals surface area contributed by atoms with Crippen LogP contribution in [0.15, 0.2) is 55.0 Å². The maximum Gasteiger partial charge on any atom is 0.271 e. The highest BCUT2D eigenvalue weighted by atomic mass is 16.3. The van der Waals surface area contributed by atoms with Crippen molar-refractivity contribution in [3.05, 3.63) is 66.2 Å². The number of amides is 1. The predicted octanol–water partition coefficient (Wildman–Crippen LogP) is 2.67. The zero-order valence-electron chi connectivity index (χ0n) is 13.6. The number of aromatic nitrogens is 2. The van der Waals surface area contributed by atoms with Gasteiger partial charge in [-0.25, -0.2) is 4.98 Å². The van der Waals surface area contributed by atoms with Crippen molar-refractivity contribution in [3.8, 4) is 0 Å². The minimum Gasteiger partial charge on any atom is -0.391 e. The summed E-state index contributed by atoms with van der Waals surface area (Å²) in [5, 5.41) is 15.2. The lowest BCUT2D eigenvalue weighted by atomic mass is 9.99. The number of aliphatic hydroxyl groups is 1. The van der Waals surface area contributed by atoms with E-state index in [0.29, 0.717) is 12.1 Å². The molecule has 1 amide bonds. The van der Waals surface area contributed by atoms with Crippen molar-refractivity contribution >= 4 is 16.7 Å². The number of H-pyrrole nitrogens is 1. The molecular formula is C19H21N3O2. The monoisotopic (exact) mass is 323 g/mol. The Kier molecular flexibility index (Phi) is 4.91. The van der Waals surface area contributed by atoms with E-state index in [1.165, 1.54) is 28.9 Å². The van der Waals surface area contributed by atoms with Crippen LogP contribution in [0.4, 0.5) is 0 Å². The van der Waals surface area contributed by atoms with Crippen LogP contribution in [0, 0.1) is 0 Å². The molecule has 0 radical (unpaired) electrons.